The van der Waals surface area contributed by atoms with Crippen molar-refractivity contribution < 1.29 is 9.47 Å². The molecule has 0 aliphatic carbocycles. The molecule has 1 fully saturated rings. The van der Waals surface area contributed by atoms with Crippen LogP contribution in [0.1, 0.15) is 50.3 Å². The SMILES string of the molecule is CCCNC(c1ccc2c(c1)CCO2)C1CCOC1CC. The van der Waals surface area contributed by atoms with Crippen molar-refractivity contribution in [2.24, 2.45) is 5.92 Å². The fourth-order valence-electron chi connectivity index (χ4n) is 3.68. The highest BCUT2D eigenvalue weighted by molar-refractivity contribution is 5.41. The van der Waals surface area contributed by atoms with Crippen LogP contribution in [0.5, 0.6) is 5.75 Å². The number of nitrogens with one attached hydrogen (secondary N) is 1. The molecule has 116 valence electrons. The van der Waals surface area contributed by atoms with Gasteiger partial charge in [0.1, 0.15) is 5.75 Å². The van der Waals surface area contributed by atoms with E-state index in [-0.39, 0.29) is 0 Å². The molecular formula is C18H27NO2. The van der Waals surface area contributed by atoms with Crippen molar-refractivity contribution >= 4 is 0 Å². The highest BCUT2D eigenvalue weighted by atomic mass is 16.5. The van der Waals surface area contributed by atoms with E-state index < -0.39 is 0 Å². The van der Waals surface area contributed by atoms with Gasteiger partial charge in [-0.3, -0.25) is 0 Å². The van der Waals surface area contributed by atoms with Gasteiger partial charge < -0.3 is 14.8 Å². The Labute approximate surface area is 128 Å². The number of fused-ring (bicyclic) bond motifs is 1. The Bertz CT molecular complexity index is 474. The van der Waals surface area contributed by atoms with Crippen molar-refractivity contribution in [1.82, 2.24) is 5.32 Å². The third-order valence-electron chi connectivity index (χ3n) is 4.78. The maximum absolute atomic E-state index is 5.93. The predicted octanol–water partition coefficient (Wildman–Crippen LogP) is 3.48. The zero-order valence-electron chi connectivity index (χ0n) is 13.2. The number of ether oxygens (including phenoxy) is 2. The topological polar surface area (TPSA) is 30.5 Å². The van der Waals surface area contributed by atoms with Gasteiger partial charge in [-0.15, -0.1) is 0 Å². The highest BCUT2D eigenvalue weighted by Gasteiger charge is 2.34. The van der Waals surface area contributed by atoms with Crippen LogP contribution in [0.3, 0.4) is 0 Å². The van der Waals surface area contributed by atoms with Crippen LogP contribution in [0.15, 0.2) is 18.2 Å². The molecule has 0 bridgehead atoms. The lowest BCUT2D eigenvalue weighted by Crippen LogP contribution is -2.33. The molecule has 1 N–H and O–H groups in total. The fraction of sp³-hybridized carbons (Fsp3) is 0.667. The van der Waals surface area contributed by atoms with Crippen LogP contribution in [0.2, 0.25) is 0 Å². The molecule has 3 heteroatoms. The first kappa shape index (κ1) is 14.9. The van der Waals surface area contributed by atoms with Crippen molar-refractivity contribution in [1.29, 1.82) is 0 Å². The summed E-state index contributed by atoms with van der Waals surface area (Å²) in [6, 6.07) is 7.14. The maximum atomic E-state index is 5.93. The zero-order chi connectivity index (χ0) is 14.7. The quantitative estimate of drug-likeness (QED) is 0.869. The molecular weight excluding hydrogens is 262 g/mol. The van der Waals surface area contributed by atoms with E-state index in [0.717, 1.165) is 51.2 Å². The summed E-state index contributed by atoms with van der Waals surface area (Å²) in [5.41, 5.74) is 2.77. The number of hydrogen-bond donors (Lipinski definition) is 1. The van der Waals surface area contributed by atoms with Crippen LogP contribution in [0, 0.1) is 5.92 Å². The molecule has 0 aromatic heterocycles. The number of rotatable bonds is 6. The van der Waals surface area contributed by atoms with Crippen molar-refractivity contribution in [3.8, 4) is 5.75 Å². The zero-order valence-corrected chi connectivity index (χ0v) is 13.2. The Hall–Kier alpha value is -1.06. The molecule has 2 aliphatic heterocycles. The van der Waals surface area contributed by atoms with Gasteiger partial charge in [0, 0.05) is 25.0 Å². The molecule has 2 aliphatic rings. The summed E-state index contributed by atoms with van der Waals surface area (Å²) in [5, 5.41) is 3.76. The molecule has 1 saturated heterocycles. The van der Waals surface area contributed by atoms with Gasteiger partial charge in [0.2, 0.25) is 0 Å². The summed E-state index contributed by atoms with van der Waals surface area (Å²) in [6.07, 6.45) is 4.86. The second-order valence-corrected chi connectivity index (χ2v) is 6.17. The molecule has 3 nitrogen and oxygen atoms in total. The van der Waals surface area contributed by atoms with Gasteiger partial charge in [-0.2, -0.15) is 0 Å². The standard InChI is InChI=1S/C18H27NO2/c1-3-9-19-18(15-8-11-20-16(15)4-2)14-5-6-17-13(12-14)7-10-21-17/h5-6,12,15-16,18-19H,3-4,7-11H2,1-2H3. The van der Waals surface area contributed by atoms with E-state index in [4.69, 9.17) is 9.47 Å². The summed E-state index contributed by atoms with van der Waals surface area (Å²) in [5.74, 6) is 1.66. The molecule has 0 amide bonds. The second kappa shape index (κ2) is 6.80. The predicted molar refractivity (Wildman–Crippen MR) is 84.8 cm³/mol. The monoisotopic (exact) mass is 289 g/mol. The lowest BCUT2D eigenvalue weighted by Gasteiger charge is -2.29. The van der Waals surface area contributed by atoms with Gasteiger partial charge in [0.25, 0.3) is 0 Å². The van der Waals surface area contributed by atoms with Crippen LogP contribution < -0.4 is 10.1 Å². The van der Waals surface area contributed by atoms with Crippen LogP contribution in [-0.2, 0) is 11.2 Å². The van der Waals surface area contributed by atoms with Crippen molar-refractivity contribution in [3.63, 3.8) is 0 Å². The Kier molecular flexibility index (Phi) is 4.81. The van der Waals surface area contributed by atoms with E-state index in [2.05, 4.69) is 37.4 Å². The summed E-state index contributed by atoms with van der Waals surface area (Å²) < 4.78 is 11.6. The van der Waals surface area contributed by atoms with Crippen LogP contribution in [-0.4, -0.2) is 25.9 Å². The molecule has 1 aromatic carbocycles. The normalized spacial score (nSPS) is 25.6. The minimum Gasteiger partial charge on any atom is -0.493 e. The van der Waals surface area contributed by atoms with E-state index in [1.54, 1.807) is 0 Å². The molecule has 0 radical (unpaired) electrons. The molecule has 1 aromatic rings. The average molecular weight is 289 g/mol. The van der Waals surface area contributed by atoms with Crippen molar-refractivity contribution in [3.05, 3.63) is 29.3 Å². The first-order valence-corrected chi connectivity index (χ1v) is 8.44. The minimum atomic E-state index is 0.392. The van der Waals surface area contributed by atoms with Crippen LogP contribution >= 0.6 is 0 Å². The smallest absolute Gasteiger partial charge is 0.122 e. The molecule has 3 rings (SSSR count). The van der Waals surface area contributed by atoms with E-state index in [9.17, 15) is 0 Å². The van der Waals surface area contributed by atoms with Crippen molar-refractivity contribution in [2.75, 3.05) is 19.8 Å². The summed E-state index contributed by atoms with van der Waals surface area (Å²) in [6.45, 7) is 7.25. The van der Waals surface area contributed by atoms with Crippen LogP contribution in [0.4, 0.5) is 0 Å². The fourth-order valence-corrected chi connectivity index (χ4v) is 3.68. The first-order valence-electron chi connectivity index (χ1n) is 8.44. The maximum Gasteiger partial charge on any atom is 0.122 e. The average Bonchev–Trinajstić information content (AvgIpc) is 3.15. The summed E-state index contributed by atoms with van der Waals surface area (Å²) >= 11 is 0. The Morgan fingerprint density at radius 3 is 3.00 bits per heavy atom. The molecule has 0 spiro atoms. The van der Waals surface area contributed by atoms with Gasteiger partial charge in [0.05, 0.1) is 12.7 Å². The van der Waals surface area contributed by atoms with Gasteiger partial charge in [-0.25, -0.2) is 0 Å². The van der Waals surface area contributed by atoms with E-state index in [0.29, 0.717) is 18.1 Å². The molecule has 21 heavy (non-hydrogen) atoms. The van der Waals surface area contributed by atoms with E-state index in [1.807, 2.05) is 0 Å². The third-order valence-corrected chi connectivity index (χ3v) is 4.78. The summed E-state index contributed by atoms with van der Waals surface area (Å²) in [7, 11) is 0. The van der Waals surface area contributed by atoms with E-state index >= 15 is 0 Å². The van der Waals surface area contributed by atoms with Crippen LogP contribution in [0.25, 0.3) is 0 Å². The molecule has 3 atom stereocenters. The largest absolute Gasteiger partial charge is 0.493 e. The van der Waals surface area contributed by atoms with Gasteiger partial charge in [0.15, 0.2) is 0 Å². The Balaban J connectivity index is 1.84. The van der Waals surface area contributed by atoms with Gasteiger partial charge in [-0.1, -0.05) is 26.0 Å². The third kappa shape index (κ3) is 3.09. The van der Waals surface area contributed by atoms with Crippen molar-refractivity contribution in [2.45, 2.75) is 51.7 Å². The summed E-state index contributed by atoms with van der Waals surface area (Å²) in [4.78, 5) is 0. The number of hydrogen-bond acceptors (Lipinski definition) is 3. The molecule has 2 heterocycles. The van der Waals surface area contributed by atoms with E-state index in [1.165, 1.54) is 11.1 Å². The molecule has 0 saturated carbocycles. The number of benzene rings is 1. The minimum absolute atomic E-state index is 0.392. The Morgan fingerprint density at radius 1 is 1.29 bits per heavy atom. The first-order chi connectivity index (χ1) is 10.3. The second-order valence-electron chi connectivity index (χ2n) is 6.17. The van der Waals surface area contributed by atoms with Gasteiger partial charge >= 0.3 is 0 Å². The molecule has 3 unspecified atom stereocenters. The van der Waals surface area contributed by atoms with Gasteiger partial charge in [-0.05, 0) is 43.0 Å². The Morgan fingerprint density at radius 2 is 2.19 bits per heavy atom. The highest BCUT2D eigenvalue weighted by Crippen LogP contribution is 2.37. The lowest BCUT2D eigenvalue weighted by molar-refractivity contribution is 0.0774. The lowest BCUT2D eigenvalue weighted by atomic mass is 9.86.